The van der Waals surface area contributed by atoms with E-state index >= 15 is 0 Å². The first-order valence-corrected chi connectivity index (χ1v) is 10.8. The molecule has 0 aliphatic carbocycles. The second kappa shape index (κ2) is 12.0. The number of carbonyl (C=O) groups excluding carboxylic acids is 3. The summed E-state index contributed by atoms with van der Waals surface area (Å²) >= 11 is 0. The zero-order valence-corrected chi connectivity index (χ0v) is 19.0. The van der Waals surface area contributed by atoms with Crippen LogP contribution < -0.4 is 15.4 Å². The first-order chi connectivity index (χ1) is 16.5. The zero-order chi connectivity index (χ0) is 24.3. The summed E-state index contributed by atoms with van der Waals surface area (Å²) in [5.41, 5.74) is 2.92. The Kier molecular flexibility index (Phi) is 8.57. The van der Waals surface area contributed by atoms with Gasteiger partial charge in [0.1, 0.15) is 5.75 Å². The van der Waals surface area contributed by atoms with Crippen LogP contribution in [-0.2, 0) is 20.7 Å². The highest BCUT2D eigenvalue weighted by Crippen LogP contribution is 2.18. The molecule has 2 N–H and O–H groups in total. The Morgan fingerprint density at radius 2 is 1.53 bits per heavy atom. The van der Waals surface area contributed by atoms with Gasteiger partial charge in [0.25, 0.3) is 5.91 Å². The molecule has 0 fully saturated rings. The monoisotopic (exact) mass is 458 g/mol. The summed E-state index contributed by atoms with van der Waals surface area (Å²) in [5, 5.41) is 5.43. The fourth-order valence-corrected chi connectivity index (χ4v) is 3.18. The van der Waals surface area contributed by atoms with Gasteiger partial charge in [-0.1, -0.05) is 49.4 Å². The van der Waals surface area contributed by atoms with E-state index in [0.717, 1.165) is 23.3 Å². The van der Waals surface area contributed by atoms with Gasteiger partial charge in [-0.3, -0.25) is 9.59 Å². The molecular formula is C27H26N2O5. The summed E-state index contributed by atoms with van der Waals surface area (Å²) in [5.74, 6) is -0.852. The van der Waals surface area contributed by atoms with Crippen LogP contribution in [0.2, 0.25) is 0 Å². The molecule has 0 saturated carbocycles. The number of methoxy groups -OCH3 is 1. The lowest BCUT2D eigenvalue weighted by Gasteiger charge is -2.11. The zero-order valence-electron chi connectivity index (χ0n) is 19.0. The Morgan fingerprint density at radius 3 is 2.24 bits per heavy atom. The van der Waals surface area contributed by atoms with Gasteiger partial charge in [0.05, 0.1) is 18.4 Å². The Bertz CT molecular complexity index is 1190. The first kappa shape index (κ1) is 24.3. The van der Waals surface area contributed by atoms with Crippen molar-refractivity contribution in [1.29, 1.82) is 0 Å². The van der Waals surface area contributed by atoms with Crippen LogP contribution >= 0.6 is 0 Å². The maximum Gasteiger partial charge on any atom is 0.340 e. The van der Waals surface area contributed by atoms with Crippen molar-refractivity contribution >= 4 is 35.2 Å². The Labute approximate surface area is 198 Å². The van der Waals surface area contributed by atoms with Crippen LogP contribution in [0.1, 0.15) is 28.4 Å². The molecule has 34 heavy (non-hydrogen) atoms. The number of hydrogen-bond donors (Lipinski definition) is 2. The van der Waals surface area contributed by atoms with Crippen LogP contribution in [0.25, 0.3) is 6.08 Å². The van der Waals surface area contributed by atoms with Crippen LogP contribution in [0, 0.1) is 0 Å². The van der Waals surface area contributed by atoms with Gasteiger partial charge in [-0.2, -0.15) is 0 Å². The highest BCUT2D eigenvalue weighted by Gasteiger charge is 2.16. The topological polar surface area (TPSA) is 93.7 Å². The smallest absolute Gasteiger partial charge is 0.340 e. The van der Waals surface area contributed by atoms with Gasteiger partial charge in [-0.15, -0.1) is 0 Å². The third-order valence-corrected chi connectivity index (χ3v) is 4.95. The molecule has 3 rings (SSSR count). The third-order valence-electron chi connectivity index (χ3n) is 4.95. The predicted molar refractivity (Wildman–Crippen MR) is 132 cm³/mol. The molecular weight excluding hydrogens is 432 g/mol. The van der Waals surface area contributed by atoms with E-state index in [1.54, 1.807) is 49.6 Å². The van der Waals surface area contributed by atoms with Crippen molar-refractivity contribution in [3.63, 3.8) is 0 Å². The van der Waals surface area contributed by atoms with Crippen molar-refractivity contribution in [3.8, 4) is 5.75 Å². The molecule has 0 saturated heterocycles. The van der Waals surface area contributed by atoms with Crippen LogP contribution in [-0.4, -0.2) is 31.5 Å². The van der Waals surface area contributed by atoms with Crippen LogP contribution in [0.4, 0.5) is 11.4 Å². The van der Waals surface area contributed by atoms with Crippen LogP contribution in [0.5, 0.6) is 5.75 Å². The fraction of sp³-hybridized carbons (Fsp3) is 0.148. The van der Waals surface area contributed by atoms with Crippen LogP contribution in [0.3, 0.4) is 0 Å². The Balaban J connectivity index is 1.59. The van der Waals surface area contributed by atoms with Crippen molar-refractivity contribution in [2.75, 3.05) is 24.4 Å². The van der Waals surface area contributed by atoms with E-state index in [2.05, 4.69) is 10.6 Å². The lowest BCUT2D eigenvalue weighted by molar-refractivity contribution is -0.119. The quantitative estimate of drug-likeness (QED) is 0.358. The van der Waals surface area contributed by atoms with Gasteiger partial charge < -0.3 is 20.1 Å². The van der Waals surface area contributed by atoms with Crippen molar-refractivity contribution in [2.24, 2.45) is 0 Å². The highest BCUT2D eigenvalue weighted by atomic mass is 16.5. The molecule has 2 amide bonds. The molecule has 7 nitrogen and oxygen atoms in total. The highest BCUT2D eigenvalue weighted by molar-refractivity contribution is 6.06. The number of hydrogen-bond acceptors (Lipinski definition) is 5. The summed E-state index contributed by atoms with van der Waals surface area (Å²) in [4.78, 5) is 37.2. The van der Waals surface area contributed by atoms with Gasteiger partial charge in [0, 0.05) is 11.8 Å². The van der Waals surface area contributed by atoms with E-state index in [0.29, 0.717) is 5.69 Å². The maximum atomic E-state index is 12.6. The minimum atomic E-state index is -0.714. The van der Waals surface area contributed by atoms with E-state index in [-0.39, 0.29) is 11.3 Å². The number of benzene rings is 3. The van der Waals surface area contributed by atoms with Crippen LogP contribution in [0.15, 0.2) is 78.9 Å². The van der Waals surface area contributed by atoms with Crippen molar-refractivity contribution in [3.05, 3.63) is 95.6 Å². The third kappa shape index (κ3) is 6.80. The number of aryl methyl sites for hydroxylation is 1. The normalized spacial score (nSPS) is 10.5. The number of anilines is 2. The molecule has 7 heteroatoms. The maximum absolute atomic E-state index is 12.6. The molecule has 0 aliphatic rings. The minimum Gasteiger partial charge on any atom is -0.497 e. The lowest BCUT2D eigenvalue weighted by Crippen LogP contribution is -2.22. The summed E-state index contributed by atoms with van der Waals surface area (Å²) in [7, 11) is 1.58. The van der Waals surface area contributed by atoms with E-state index in [1.807, 2.05) is 37.3 Å². The average Bonchev–Trinajstić information content (AvgIpc) is 2.87. The molecule has 0 heterocycles. The lowest BCUT2D eigenvalue weighted by atomic mass is 10.1. The molecule has 174 valence electrons. The number of amides is 2. The fourth-order valence-electron chi connectivity index (χ4n) is 3.18. The summed E-state index contributed by atoms with van der Waals surface area (Å²) in [6.07, 6.45) is 3.77. The summed E-state index contributed by atoms with van der Waals surface area (Å²) < 4.78 is 10.3. The van der Waals surface area contributed by atoms with Gasteiger partial charge in [-0.05, 0) is 54.0 Å². The number of para-hydroxylation sites is 2. The van der Waals surface area contributed by atoms with E-state index in [1.165, 1.54) is 12.1 Å². The van der Waals surface area contributed by atoms with Crippen molar-refractivity contribution in [2.45, 2.75) is 13.3 Å². The molecule has 0 bridgehead atoms. The second-order valence-corrected chi connectivity index (χ2v) is 7.28. The van der Waals surface area contributed by atoms with E-state index < -0.39 is 24.4 Å². The minimum absolute atomic E-state index is 0.149. The molecule has 0 unspecified atom stereocenters. The number of esters is 1. The van der Waals surface area contributed by atoms with Gasteiger partial charge >= 0.3 is 5.97 Å². The van der Waals surface area contributed by atoms with Crippen molar-refractivity contribution in [1.82, 2.24) is 0 Å². The Morgan fingerprint density at radius 1 is 0.853 bits per heavy atom. The van der Waals surface area contributed by atoms with Gasteiger partial charge in [0.15, 0.2) is 6.61 Å². The molecule has 3 aromatic rings. The standard InChI is InChI=1S/C27H26N2O5/c1-3-20-8-4-6-10-23(20)28-26(31)18-34-27(32)22-9-5-7-11-24(22)29-25(30)17-14-19-12-15-21(33-2)16-13-19/h4-17H,3,18H2,1-2H3,(H,28,31)(H,29,30)/b17-14+. The van der Waals surface area contributed by atoms with Gasteiger partial charge in [0.2, 0.25) is 5.91 Å². The van der Waals surface area contributed by atoms with Gasteiger partial charge in [-0.25, -0.2) is 4.79 Å². The largest absolute Gasteiger partial charge is 0.497 e. The number of rotatable bonds is 9. The van der Waals surface area contributed by atoms with E-state index in [4.69, 9.17) is 9.47 Å². The molecule has 0 aliphatic heterocycles. The first-order valence-electron chi connectivity index (χ1n) is 10.8. The second-order valence-electron chi connectivity index (χ2n) is 7.28. The predicted octanol–water partition coefficient (Wildman–Crippen LogP) is 4.71. The molecule has 3 aromatic carbocycles. The summed E-state index contributed by atoms with van der Waals surface area (Å²) in [6, 6.07) is 21.1. The molecule has 0 aromatic heterocycles. The molecule has 0 spiro atoms. The molecule has 0 atom stereocenters. The molecule has 0 radical (unpaired) electrons. The SMILES string of the molecule is CCc1ccccc1NC(=O)COC(=O)c1ccccc1NC(=O)/C=C/c1ccc(OC)cc1. The number of ether oxygens (including phenoxy) is 2. The average molecular weight is 459 g/mol. The van der Waals surface area contributed by atoms with Crippen molar-refractivity contribution < 1.29 is 23.9 Å². The van der Waals surface area contributed by atoms with E-state index in [9.17, 15) is 14.4 Å². The Hall–Kier alpha value is -4.39. The number of carbonyl (C=O) groups is 3. The number of nitrogens with one attached hydrogen (secondary N) is 2. The summed E-state index contributed by atoms with van der Waals surface area (Å²) in [6.45, 7) is 1.54.